The molecule has 5 aromatic carbocycles. The van der Waals surface area contributed by atoms with Crippen molar-refractivity contribution in [1.82, 2.24) is 15.3 Å². The summed E-state index contributed by atoms with van der Waals surface area (Å²) in [5, 5.41) is 6.40. The Morgan fingerprint density at radius 2 is 1.06 bits per heavy atom. The molecule has 0 amide bonds. The minimum absolute atomic E-state index is 0.0245. The van der Waals surface area contributed by atoms with E-state index in [-0.39, 0.29) is 12.0 Å². The summed E-state index contributed by atoms with van der Waals surface area (Å²) in [5.41, 5.74) is 16.5. The third-order valence-electron chi connectivity index (χ3n) is 10.9. The molecule has 54 heavy (non-hydrogen) atoms. The Kier molecular flexibility index (Phi) is 7.99. The summed E-state index contributed by atoms with van der Waals surface area (Å²) in [6.07, 6.45) is 21.5. The fourth-order valence-corrected chi connectivity index (χ4v) is 8.25. The highest BCUT2D eigenvalue weighted by Crippen LogP contribution is 2.44. The Hall–Kier alpha value is -6.91. The van der Waals surface area contributed by atoms with Gasteiger partial charge in [-0.1, -0.05) is 134 Å². The first-order valence-electron chi connectivity index (χ1n) is 18.6. The predicted octanol–water partition coefficient (Wildman–Crippen LogP) is 11.7. The monoisotopic (exact) mass is 692 g/mol. The van der Waals surface area contributed by atoms with Gasteiger partial charge < -0.3 is 5.32 Å². The number of benzene rings is 5. The number of hydrogen-bond donors (Lipinski definition) is 1. The van der Waals surface area contributed by atoms with E-state index in [9.17, 15) is 0 Å². The van der Waals surface area contributed by atoms with Gasteiger partial charge in [-0.15, -0.1) is 0 Å². The zero-order chi connectivity index (χ0) is 35.8. The molecular formula is C50H36N4. The Labute approximate surface area is 315 Å². The number of aliphatic imine (C=N–C) groups is 1. The molecule has 3 aliphatic rings. The zero-order valence-corrected chi connectivity index (χ0v) is 29.6. The molecule has 2 unspecified atom stereocenters. The molecule has 2 aromatic heterocycles. The Bertz CT molecular complexity index is 2680. The SMILES string of the molecule is C1=CC2=NC(c3cccc4c(-c5ccc(-c6ccncc6)cc5)cccc34)=C(C3CC=Cc4c(-c5ccc(-c6ccncc6)cc5)cccc43)NC2C=C1. The van der Waals surface area contributed by atoms with E-state index in [2.05, 4.69) is 179 Å². The van der Waals surface area contributed by atoms with Gasteiger partial charge in [-0.05, 0) is 103 Å². The molecule has 0 bridgehead atoms. The summed E-state index contributed by atoms with van der Waals surface area (Å²) in [6, 6.07) is 46.1. The number of hydrogen-bond acceptors (Lipinski definition) is 4. The Morgan fingerprint density at radius 1 is 0.500 bits per heavy atom. The normalized spacial score (nSPS) is 17.1. The van der Waals surface area contributed by atoms with Crippen molar-refractivity contribution in [3.63, 3.8) is 0 Å². The van der Waals surface area contributed by atoms with Gasteiger partial charge in [0.15, 0.2) is 0 Å². The van der Waals surface area contributed by atoms with Crippen molar-refractivity contribution in [1.29, 1.82) is 0 Å². The largest absolute Gasteiger partial charge is 0.374 e. The van der Waals surface area contributed by atoms with Crippen molar-refractivity contribution >= 4 is 28.3 Å². The molecule has 3 heterocycles. The quantitative estimate of drug-likeness (QED) is 0.189. The molecule has 0 saturated carbocycles. The summed E-state index contributed by atoms with van der Waals surface area (Å²) >= 11 is 0. The highest BCUT2D eigenvalue weighted by Gasteiger charge is 2.32. The first kappa shape index (κ1) is 31.8. The van der Waals surface area contributed by atoms with Crippen LogP contribution in [0.4, 0.5) is 0 Å². The summed E-state index contributed by atoms with van der Waals surface area (Å²) in [6.45, 7) is 0. The van der Waals surface area contributed by atoms with Gasteiger partial charge in [-0.25, -0.2) is 4.99 Å². The highest BCUT2D eigenvalue weighted by atomic mass is 15.0. The van der Waals surface area contributed by atoms with Crippen LogP contribution in [0.15, 0.2) is 193 Å². The van der Waals surface area contributed by atoms with Crippen molar-refractivity contribution < 1.29 is 0 Å². The van der Waals surface area contributed by atoms with Crippen molar-refractivity contribution in [2.45, 2.75) is 18.4 Å². The number of pyridine rings is 2. The number of allylic oxidation sites excluding steroid dienone is 4. The van der Waals surface area contributed by atoms with Gasteiger partial charge in [0, 0.05) is 42.0 Å². The lowest BCUT2D eigenvalue weighted by Gasteiger charge is -2.34. The van der Waals surface area contributed by atoms with Gasteiger partial charge in [-0.3, -0.25) is 9.97 Å². The van der Waals surface area contributed by atoms with E-state index in [4.69, 9.17) is 4.99 Å². The molecule has 1 aliphatic heterocycles. The summed E-state index contributed by atoms with van der Waals surface area (Å²) in [4.78, 5) is 13.9. The van der Waals surface area contributed by atoms with Gasteiger partial charge in [0.25, 0.3) is 0 Å². The van der Waals surface area contributed by atoms with Gasteiger partial charge in [-0.2, -0.15) is 0 Å². The lowest BCUT2D eigenvalue weighted by atomic mass is 9.79. The average molecular weight is 693 g/mol. The van der Waals surface area contributed by atoms with E-state index in [1.54, 1.807) is 0 Å². The van der Waals surface area contributed by atoms with Crippen LogP contribution in [-0.2, 0) is 0 Å². The average Bonchev–Trinajstić information content (AvgIpc) is 3.26. The Balaban J connectivity index is 1.08. The van der Waals surface area contributed by atoms with E-state index in [1.165, 1.54) is 66.5 Å². The summed E-state index contributed by atoms with van der Waals surface area (Å²) in [5.74, 6) is 0.111. The molecule has 2 atom stereocenters. The van der Waals surface area contributed by atoms with Crippen LogP contribution in [0.2, 0.25) is 0 Å². The molecule has 7 aromatic rings. The van der Waals surface area contributed by atoms with Crippen LogP contribution in [0.5, 0.6) is 0 Å². The van der Waals surface area contributed by atoms with E-state index in [1.807, 2.05) is 24.8 Å². The van der Waals surface area contributed by atoms with Crippen LogP contribution in [0.3, 0.4) is 0 Å². The predicted molar refractivity (Wildman–Crippen MR) is 224 cm³/mol. The fourth-order valence-electron chi connectivity index (χ4n) is 8.25. The lowest BCUT2D eigenvalue weighted by Crippen LogP contribution is -2.40. The van der Waals surface area contributed by atoms with Crippen LogP contribution in [0, 0.1) is 0 Å². The second kappa shape index (κ2) is 13.6. The maximum atomic E-state index is 5.48. The first-order chi connectivity index (χ1) is 26.8. The third-order valence-corrected chi connectivity index (χ3v) is 10.9. The fraction of sp³-hybridized carbons (Fsp3) is 0.0600. The van der Waals surface area contributed by atoms with Crippen molar-refractivity contribution in [2.75, 3.05) is 0 Å². The van der Waals surface area contributed by atoms with E-state index in [0.717, 1.165) is 29.0 Å². The number of rotatable bonds is 6. The van der Waals surface area contributed by atoms with E-state index in [0.29, 0.717) is 0 Å². The summed E-state index contributed by atoms with van der Waals surface area (Å²) in [7, 11) is 0. The number of fused-ring (bicyclic) bond motifs is 3. The van der Waals surface area contributed by atoms with Crippen LogP contribution >= 0.6 is 0 Å². The molecule has 10 rings (SSSR count). The molecule has 0 fully saturated rings. The standard InChI is InChI=1S/C50H36N4/c1-2-16-48-47(15-1)53-49(45-13-5-9-41-39(7-3-11-43(41)45)37-21-17-33(18-22-37)35-25-29-51-30-26-35)50(54-48)46-14-6-10-42-40(8-4-12-44(42)46)38-23-19-34(20-24-38)36-27-31-52-32-28-36/h1-13,15-32,46,48,54H,14H2. The van der Waals surface area contributed by atoms with Crippen LogP contribution in [-0.4, -0.2) is 21.7 Å². The first-order valence-corrected chi connectivity index (χ1v) is 18.6. The van der Waals surface area contributed by atoms with Crippen LogP contribution in [0.1, 0.15) is 29.0 Å². The van der Waals surface area contributed by atoms with Gasteiger partial charge in [0.1, 0.15) is 0 Å². The maximum absolute atomic E-state index is 5.48. The Morgan fingerprint density at radius 3 is 1.74 bits per heavy atom. The molecule has 4 heteroatoms. The van der Waals surface area contributed by atoms with Crippen molar-refractivity contribution in [3.05, 3.63) is 205 Å². The van der Waals surface area contributed by atoms with Crippen molar-refractivity contribution in [2.24, 2.45) is 4.99 Å². The third kappa shape index (κ3) is 5.69. The minimum atomic E-state index is 0.0245. The molecule has 0 saturated heterocycles. The molecule has 2 aliphatic carbocycles. The van der Waals surface area contributed by atoms with Gasteiger partial charge >= 0.3 is 0 Å². The molecule has 4 nitrogen and oxygen atoms in total. The molecule has 0 radical (unpaired) electrons. The molecule has 256 valence electrons. The number of aromatic nitrogens is 2. The number of nitrogens with one attached hydrogen (secondary N) is 1. The van der Waals surface area contributed by atoms with Gasteiger partial charge in [0.05, 0.1) is 17.5 Å². The molecule has 1 N–H and O–H groups in total. The van der Waals surface area contributed by atoms with E-state index >= 15 is 0 Å². The highest BCUT2D eigenvalue weighted by molar-refractivity contribution is 6.09. The van der Waals surface area contributed by atoms with Crippen LogP contribution < -0.4 is 5.32 Å². The molecule has 0 spiro atoms. The van der Waals surface area contributed by atoms with Gasteiger partial charge in [0.2, 0.25) is 0 Å². The second-order valence-corrected chi connectivity index (χ2v) is 14.0. The smallest absolute Gasteiger partial charge is 0.0908 e. The minimum Gasteiger partial charge on any atom is -0.374 e. The maximum Gasteiger partial charge on any atom is 0.0908 e. The second-order valence-electron chi connectivity index (χ2n) is 14.0. The van der Waals surface area contributed by atoms with Crippen LogP contribution in [0.25, 0.3) is 67.1 Å². The molecular weight excluding hydrogens is 657 g/mol. The topological polar surface area (TPSA) is 50.2 Å². The lowest BCUT2D eigenvalue weighted by molar-refractivity contribution is 0.675. The van der Waals surface area contributed by atoms with E-state index < -0.39 is 0 Å². The number of nitrogens with zero attached hydrogens (tertiary/aromatic N) is 3. The zero-order valence-electron chi connectivity index (χ0n) is 29.6. The summed E-state index contributed by atoms with van der Waals surface area (Å²) < 4.78 is 0. The van der Waals surface area contributed by atoms with Crippen molar-refractivity contribution in [3.8, 4) is 44.5 Å².